The number of piperidine rings is 1. The van der Waals surface area contributed by atoms with E-state index in [2.05, 4.69) is 34.5 Å². The SMILES string of the molecule is c1ccc2c(c1)C(NC1CCOCC1)CC21CCN(CC2CC2)CC1. The number of fused-ring (bicyclic) bond motifs is 2. The maximum absolute atomic E-state index is 5.55. The van der Waals surface area contributed by atoms with E-state index in [0.717, 1.165) is 19.1 Å². The molecule has 0 bridgehead atoms. The monoisotopic (exact) mass is 340 g/mol. The summed E-state index contributed by atoms with van der Waals surface area (Å²) >= 11 is 0. The number of hydrogen-bond donors (Lipinski definition) is 1. The molecule has 1 atom stereocenters. The summed E-state index contributed by atoms with van der Waals surface area (Å²) in [7, 11) is 0. The van der Waals surface area contributed by atoms with Crippen molar-refractivity contribution in [2.45, 2.75) is 62.4 Å². The normalized spacial score (nSPS) is 29.8. The maximum Gasteiger partial charge on any atom is 0.0480 e. The van der Waals surface area contributed by atoms with Crippen LogP contribution in [0.5, 0.6) is 0 Å². The van der Waals surface area contributed by atoms with Gasteiger partial charge in [0.05, 0.1) is 0 Å². The van der Waals surface area contributed by atoms with Crippen LogP contribution in [0.2, 0.25) is 0 Å². The van der Waals surface area contributed by atoms with E-state index in [0.29, 0.717) is 17.5 Å². The molecule has 3 nitrogen and oxygen atoms in total. The Kier molecular flexibility index (Phi) is 4.35. The standard InChI is InChI=1S/C22H32N2O/c1-2-4-20-19(3-1)21(23-18-7-13-25-14-8-18)15-22(20)9-11-24(12-10-22)16-17-5-6-17/h1-4,17-18,21,23H,5-16H2. The van der Waals surface area contributed by atoms with E-state index in [1.807, 2.05) is 0 Å². The summed E-state index contributed by atoms with van der Waals surface area (Å²) in [6.45, 7) is 5.81. The summed E-state index contributed by atoms with van der Waals surface area (Å²) in [5, 5.41) is 4.01. The molecule has 1 unspecified atom stereocenters. The van der Waals surface area contributed by atoms with Gasteiger partial charge in [-0.25, -0.2) is 0 Å². The van der Waals surface area contributed by atoms with Crippen molar-refractivity contribution in [1.82, 2.24) is 10.2 Å². The third kappa shape index (κ3) is 3.27. The molecular weight excluding hydrogens is 308 g/mol. The number of benzene rings is 1. The lowest BCUT2D eigenvalue weighted by Gasteiger charge is -2.40. The first kappa shape index (κ1) is 16.3. The molecule has 4 aliphatic rings. The predicted octanol–water partition coefficient (Wildman–Crippen LogP) is 3.64. The first-order chi connectivity index (χ1) is 12.3. The zero-order chi connectivity index (χ0) is 16.7. The second-order valence-corrected chi connectivity index (χ2v) is 8.92. The molecule has 2 heterocycles. The van der Waals surface area contributed by atoms with E-state index in [1.54, 1.807) is 11.1 Å². The van der Waals surface area contributed by atoms with E-state index in [9.17, 15) is 0 Å². The zero-order valence-corrected chi connectivity index (χ0v) is 15.4. The first-order valence-corrected chi connectivity index (χ1v) is 10.5. The van der Waals surface area contributed by atoms with Crippen LogP contribution in [0.4, 0.5) is 0 Å². The average Bonchev–Trinajstić information content (AvgIpc) is 3.43. The van der Waals surface area contributed by atoms with Crippen LogP contribution in [0.15, 0.2) is 24.3 Å². The molecule has 136 valence electrons. The van der Waals surface area contributed by atoms with Crippen LogP contribution < -0.4 is 5.32 Å². The van der Waals surface area contributed by atoms with E-state index in [-0.39, 0.29) is 0 Å². The van der Waals surface area contributed by atoms with Crippen LogP contribution in [0.25, 0.3) is 0 Å². The summed E-state index contributed by atoms with van der Waals surface area (Å²) in [6, 6.07) is 10.5. The van der Waals surface area contributed by atoms with Crippen LogP contribution >= 0.6 is 0 Å². The predicted molar refractivity (Wildman–Crippen MR) is 101 cm³/mol. The van der Waals surface area contributed by atoms with Crippen molar-refractivity contribution >= 4 is 0 Å². The van der Waals surface area contributed by atoms with Crippen molar-refractivity contribution < 1.29 is 4.74 Å². The fraction of sp³-hybridized carbons (Fsp3) is 0.727. The molecular formula is C22H32N2O. The van der Waals surface area contributed by atoms with Crippen LogP contribution in [0.1, 0.15) is 62.1 Å². The Morgan fingerprint density at radius 3 is 2.56 bits per heavy atom. The van der Waals surface area contributed by atoms with Crippen LogP contribution in [0, 0.1) is 5.92 Å². The summed E-state index contributed by atoms with van der Waals surface area (Å²) in [5.41, 5.74) is 3.68. The Balaban J connectivity index is 1.31. The lowest BCUT2D eigenvalue weighted by Crippen LogP contribution is -2.43. The fourth-order valence-corrected chi connectivity index (χ4v) is 5.49. The van der Waals surface area contributed by atoms with E-state index in [1.165, 1.54) is 64.6 Å². The molecule has 0 amide bonds. The Morgan fingerprint density at radius 2 is 1.80 bits per heavy atom. The highest BCUT2D eigenvalue weighted by Crippen LogP contribution is 2.51. The van der Waals surface area contributed by atoms with Gasteiger partial charge in [0.15, 0.2) is 0 Å². The lowest BCUT2D eigenvalue weighted by molar-refractivity contribution is 0.0731. The smallest absolute Gasteiger partial charge is 0.0480 e. The summed E-state index contributed by atoms with van der Waals surface area (Å²) in [6.07, 6.45) is 9.29. The van der Waals surface area contributed by atoms with Crippen molar-refractivity contribution in [3.05, 3.63) is 35.4 Å². The molecule has 1 spiro atoms. The van der Waals surface area contributed by atoms with Crippen LogP contribution in [0.3, 0.4) is 0 Å². The fourth-order valence-electron chi connectivity index (χ4n) is 5.49. The van der Waals surface area contributed by atoms with Gasteiger partial charge in [-0.3, -0.25) is 0 Å². The molecule has 1 aromatic carbocycles. The highest BCUT2D eigenvalue weighted by molar-refractivity contribution is 5.43. The third-order valence-corrected chi connectivity index (χ3v) is 7.19. The topological polar surface area (TPSA) is 24.5 Å². The number of nitrogens with zero attached hydrogens (tertiary/aromatic N) is 1. The first-order valence-electron chi connectivity index (χ1n) is 10.5. The van der Waals surface area contributed by atoms with Crippen molar-refractivity contribution in [2.75, 3.05) is 32.8 Å². The average molecular weight is 341 g/mol. The van der Waals surface area contributed by atoms with Gasteiger partial charge in [0.1, 0.15) is 0 Å². The summed E-state index contributed by atoms with van der Waals surface area (Å²) in [4.78, 5) is 2.74. The van der Waals surface area contributed by atoms with Gasteiger partial charge < -0.3 is 15.0 Å². The van der Waals surface area contributed by atoms with Crippen molar-refractivity contribution in [3.8, 4) is 0 Å². The van der Waals surface area contributed by atoms with Crippen LogP contribution in [-0.2, 0) is 10.2 Å². The van der Waals surface area contributed by atoms with Gasteiger partial charge in [0, 0.05) is 31.8 Å². The summed E-state index contributed by atoms with van der Waals surface area (Å²) < 4.78 is 5.55. The Bertz CT molecular complexity index is 598. The highest BCUT2D eigenvalue weighted by atomic mass is 16.5. The number of likely N-dealkylation sites (tertiary alicyclic amines) is 1. The van der Waals surface area contributed by atoms with Gasteiger partial charge in [-0.05, 0) is 80.5 Å². The van der Waals surface area contributed by atoms with E-state index in [4.69, 9.17) is 4.74 Å². The largest absolute Gasteiger partial charge is 0.381 e. The van der Waals surface area contributed by atoms with Gasteiger partial charge in [0.25, 0.3) is 0 Å². The second kappa shape index (κ2) is 6.68. The van der Waals surface area contributed by atoms with Gasteiger partial charge in [-0.1, -0.05) is 24.3 Å². The molecule has 3 heteroatoms. The van der Waals surface area contributed by atoms with E-state index >= 15 is 0 Å². The molecule has 25 heavy (non-hydrogen) atoms. The Labute approximate surface area is 152 Å². The molecule has 0 aromatic heterocycles. The molecule has 1 N–H and O–H groups in total. The minimum Gasteiger partial charge on any atom is -0.381 e. The van der Waals surface area contributed by atoms with Crippen LogP contribution in [-0.4, -0.2) is 43.8 Å². The molecule has 2 aliphatic heterocycles. The minimum atomic E-state index is 0.430. The van der Waals surface area contributed by atoms with Crippen molar-refractivity contribution in [1.29, 1.82) is 0 Å². The molecule has 5 rings (SSSR count). The van der Waals surface area contributed by atoms with Gasteiger partial charge >= 0.3 is 0 Å². The molecule has 3 fully saturated rings. The number of hydrogen-bond acceptors (Lipinski definition) is 3. The van der Waals surface area contributed by atoms with Crippen molar-refractivity contribution in [2.24, 2.45) is 5.92 Å². The second-order valence-electron chi connectivity index (χ2n) is 8.92. The number of nitrogens with one attached hydrogen (secondary N) is 1. The van der Waals surface area contributed by atoms with Gasteiger partial charge in [-0.15, -0.1) is 0 Å². The van der Waals surface area contributed by atoms with Gasteiger partial charge in [-0.2, -0.15) is 0 Å². The molecule has 0 radical (unpaired) electrons. The maximum atomic E-state index is 5.55. The third-order valence-electron chi connectivity index (χ3n) is 7.19. The Hall–Kier alpha value is -0.900. The molecule has 2 saturated heterocycles. The lowest BCUT2D eigenvalue weighted by atomic mass is 9.73. The quantitative estimate of drug-likeness (QED) is 0.905. The van der Waals surface area contributed by atoms with Crippen molar-refractivity contribution in [3.63, 3.8) is 0 Å². The molecule has 1 saturated carbocycles. The minimum absolute atomic E-state index is 0.430. The zero-order valence-electron chi connectivity index (χ0n) is 15.4. The van der Waals surface area contributed by atoms with E-state index < -0.39 is 0 Å². The Morgan fingerprint density at radius 1 is 1.04 bits per heavy atom. The number of rotatable bonds is 4. The molecule has 1 aromatic rings. The molecule has 2 aliphatic carbocycles. The summed E-state index contributed by atoms with van der Waals surface area (Å²) in [5.74, 6) is 1.02. The highest BCUT2D eigenvalue weighted by Gasteiger charge is 2.45. The number of ether oxygens (including phenoxy) is 1. The van der Waals surface area contributed by atoms with Gasteiger partial charge in [0.2, 0.25) is 0 Å².